The summed E-state index contributed by atoms with van der Waals surface area (Å²) >= 11 is 0. The molecule has 1 aromatic carbocycles. The molecular weight excluding hydrogens is 352 g/mol. The minimum Gasteiger partial charge on any atom is -0.355 e. The molecule has 1 atom stereocenters. The standard InChI is InChI=1S/C21H32N6O/c1-2-3-14-26-15-8-7-12-19(26)17-22-20(28)13-9-16-27-24-21(23-25-27)18-10-5-4-6-11-18/h4-6,10-11,19H,2-3,7-9,12-17H2,1H3,(H,22,28). The molecule has 0 bridgehead atoms. The number of rotatable bonds is 10. The molecule has 0 spiro atoms. The minimum atomic E-state index is 0.115. The zero-order chi connectivity index (χ0) is 19.6. The number of hydrogen-bond acceptors (Lipinski definition) is 5. The van der Waals surface area contributed by atoms with Crippen LogP contribution in [0.3, 0.4) is 0 Å². The largest absolute Gasteiger partial charge is 0.355 e. The third-order valence-corrected chi connectivity index (χ3v) is 5.33. The van der Waals surface area contributed by atoms with E-state index in [4.69, 9.17) is 0 Å². The number of hydrogen-bond donors (Lipinski definition) is 1. The van der Waals surface area contributed by atoms with Crippen LogP contribution in [0.5, 0.6) is 0 Å². The molecule has 28 heavy (non-hydrogen) atoms. The predicted octanol–water partition coefficient (Wildman–Crippen LogP) is 2.89. The van der Waals surface area contributed by atoms with E-state index in [2.05, 4.69) is 32.6 Å². The van der Waals surface area contributed by atoms with Crippen molar-refractivity contribution in [1.29, 1.82) is 0 Å². The predicted molar refractivity (Wildman–Crippen MR) is 110 cm³/mol. The first-order valence-electron chi connectivity index (χ1n) is 10.6. The zero-order valence-corrected chi connectivity index (χ0v) is 16.9. The summed E-state index contributed by atoms with van der Waals surface area (Å²) in [7, 11) is 0. The van der Waals surface area contributed by atoms with Crippen LogP contribution in [0.15, 0.2) is 30.3 Å². The van der Waals surface area contributed by atoms with E-state index in [0.717, 1.165) is 18.7 Å². The lowest BCUT2D eigenvalue weighted by Gasteiger charge is -2.35. The number of benzene rings is 1. The van der Waals surface area contributed by atoms with Crippen molar-refractivity contribution in [2.24, 2.45) is 0 Å². The summed E-state index contributed by atoms with van der Waals surface area (Å²) in [5.41, 5.74) is 0.951. The van der Waals surface area contributed by atoms with Gasteiger partial charge in [-0.25, -0.2) is 0 Å². The maximum absolute atomic E-state index is 12.2. The molecule has 1 fully saturated rings. The Morgan fingerprint density at radius 3 is 2.86 bits per heavy atom. The lowest BCUT2D eigenvalue weighted by Crippen LogP contribution is -2.47. The SMILES string of the molecule is CCCCN1CCCCC1CNC(=O)CCCn1nnc(-c2ccccc2)n1. The number of carbonyl (C=O) groups is 1. The highest BCUT2D eigenvalue weighted by molar-refractivity contribution is 5.75. The number of amides is 1. The number of piperidine rings is 1. The molecule has 1 amide bonds. The van der Waals surface area contributed by atoms with E-state index in [9.17, 15) is 4.79 Å². The van der Waals surface area contributed by atoms with Gasteiger partial charge in [-0.3, -0.25) is 9.69 Å². The Bertz CT molecular complexity index is 717. The summed E-state index contributed by atoms with van der Waals surface area (Å²) in [6.07, 6.45) is 7.40. The van der Waals surface area contributed by atoms with Gasteiger partial charge in [-0.15, -0.1) is 10.2 Å². The molecule has 1 aromatic heterocycles. The van der Waals surface area contributed by atoms with E-state index in [-0.39, 0.29) is 5.91 Å². The Balaban J connectivity index is 1.37. The highest BCUT2D eigenvalue weighted by Crippen LogP contribution is 2.17. The number of unbranched alkanes of at least 4 members (excludes halogenated alkanes) is 1. The van der Waals surface area contributed by atoms with Crippen LogP contribution in [0.4, 0.5) is 0 Å². The summed E-state index contributed by atoms with van der Waals surface area (Å²) in [5.74, 6) is 0.735. The van der Waals surface area contributed by atoms with Gasteiger partial charge in [0.1, 0.15) is 0 Å². The van der Waals surface area contributed by atoms with Gasteiger partial charge in [0.15, 0.2) is 0 Å². The van der Waals surface area contributed by atoms with Crippen molar-refractivity contribution < 1.29 is 4.79 Å². The molecule has 152 valence electrons. The van der Waals surface area contributed by atoms with Crippen LogP contribution >= 0.6 is 0 Å². The van der Waals surface area contributed by atoms with Gasteiger partial charge in [0.05, 0.1) is 6.54 Å². The monoisotopic (exact) mass is 384 g/mol. The molecule has 1 saturated heterocycles. The van der Waals surface area contributed by atoms with Crippen molar-refractivity contribution in [3.8, 4) is 11.4 Å². The van der Waals surface area contributed by atoms with Crippen LogP contribution in [0.2, 0.25) is 0 Å². The van der Waals surface area contributed by atoms with Gasteiger partial charge in [-0.05, 0) is 44.0 Å². The van der Waals surface area contributed by atoms with Gasteiger partial charge >= 0.3 is 0 Å². The van der Waals surface area contributed by atoms with Gasteiger partial charge in [-0.2, -0.15) is 4.80 Å². The van der Waals surface area contributed by atoms with Crippen LogP contribution in [-0.4, -0.2) is 56.7 Å². The quantitative estimate of drug-likeness (QED) is 0.682. The Morgan fingerprint density at radius 1 is 1.18 bits per heavy atom. The van der Waals surface area contributed by atoms with Crippen LogP contribution < -0.4 is 5.32 Å². The van der Waals surface area contributed by atoms with Gasteiger partial charge in [0.25, 0.3) is 0 Å². The van der Waals surface area contributed by atoms with Crippen LogP contribution in [0, 0.1) is 0 Å². The molecule has 1 aliphatic heterocycles. The molecule has 0 saturated carbocycles. The maximum Gasteiger partial charge on any atom is 0.220 e. The molecule has 2 heterocycles. The van der Waals surface area contributed by atoms with Gasteiger partial charge in [0.2, 0.25) is 11.7 Å². The van der Waals surface area contributed by atoms with Gasteiger partial charge in [-0.1, -0.05) is 50.1 Å². The first-order chi connectivity index (χ1) is 13.8. The molecule has 0 radical (unpaired) electrons. The summed E-state index contributed by atoms with van der Waals surface area (Å²) in [6.45, 7) is 5.91. The maximum atomic E-state index is 12.2. The fourth-order valence-corrected chi connectivity index (χ4v) is 3.69. The smallest absolute Gasteiger partial charge is 0.220 e. The normalized spacial score (nSPS) is 17.5. The first-order valence-corrected chi connectivity index (χ1v) is 10.6. The van der Waals surface area contributed by atoms with E-state index in [0.29, 0.717) is 31.3 Å². The third kappa shape index (κ3) is 6.12. The molecular formula is C21H32N6O. The van der Waals surface area contributed by atoms with Crippen molar-refractivity contribution >= 4 is 5.91 Å². The average Bonchev–Trinajstić information content (AvgIpc) is 3.21. The van der Waals surface area contributed by atoms with E-state index >= 15 is 0 Å². The van der Waals surface area contributed by atoms with Crippen LogP contribution in [0.1, 0.15) is 51.9 Å². The van der Waals surface area contributed by atoms with Gasteiger partial charge < -0.3 is 5.32 Å². The van der Waals surface area contributed by atoms with E-state index in [1.54, 1.807) is 4.80 Å². The molecule has 7 heteroatoms. The van der Waals surface area contributed by atoms with Crippen LogP contribution in [0.25, 0.3) is 11.4 Å². The number of tetrazole rings is 1. The Hall–Kier alpha value is -2.28. The van der Waals surface area contributed by atoms with Crippen molar-refractivity contribution in [2.75, 3.05) is 19.6 Å². The van der Waals surface area contributed by atoms with E-state index in [1.807, 2.05) is 30.3 Å². The lowest BCUT2D eigenvalue weighted by molar-refractivity contribution is -0.121. The highest BCUT2D eigenvalue weighted by Gasteiger charge is 2.22. The number of nitrogens with zero attached hydrogens (tertiary/aromatic N) is 5. The molecule has 3 rings (SSSR count). The van der Waals surface area contributed by atoms with Gasteiger partial charge in [0, 0.05) is 24.6 Å². The Morgan fingerprint density at radius 2 is 2.04 bits per heavy atom. The first kappa shape index (κ1) is 20.5. The third-order valence-electron chi connectivity index (χ3n) is 5.33. The van der Waals surface area contributed by atoms with E-state index < -0.39 is 0 Å². The second-order valence-electron chi connectivity index (χ2n) is 7.52. The fraction of sp³-hybridized carbons (Fsp3) is 0.619. The second kappa shape index (κ2) is 10.9. The van der Waals surface area contributed by atoms with Crippen molar-refractivity contribution in [3.63, 3.8) is 0 Å². The molecule has 7 nitrogen and oxygen atoms in total. The summed E-state index contributed by atoms with van der Waals surface area (Å²) in [6, 6.07) is 10.3. The van der Waals surface area contributed by atoms with Crippen LogP contribution in [-0.2, 0) is 11.3 Å². The Labute approximate surface area is 167 Å². The number of nitrogens with one attached hydrogen (secondary N) is 1. The minimum absolute atomic E-state index is 0.115. The van der Waals surface area contributed by atoms with E-state index in [1.165, 1.54) is 38.6 Å². The lowest BCUT2D eigenvalue weighted by atomic mass is 10.0. The number of likely N-dealkylation sites (tertiary alicyclic amines) is 1. The fourth-order valence-electron chi connectivity index (χ4n) is 3.69. The highest BCUT2D eigenvalue weighted by atomic mass is 16.1. The number of aromatic nitrogens is 4. The van der Waals surface area contributed by atoms with Crippen molar-refractivity contribution in [1.82, 2.24) is 30.4 Å². The van der Waals surface area contributed by atoms with Crippen molar-refractivity contribution in [3.05, 3.63) is 30.3 Å². The molecule has 0 aliphatic carbocycles. The average molecular weight is 385 g/mol. The molecule has 1 aliphatic rings. The molecule has 1 unspecified atom stereocenters. The number of aryl methyl sites for hydroxylation is 1. The summed E-state index contributed by atoms with van der Waals surface area (Å²) < 4.78 is 0. The summed E-state index contributed by atoms with van der Waals surface area (Å²) in [4.78, 5) is 16.4. The molecule has 2 aromatic rings. The topological polar surface area (TPSA) is 75.9 Å². The molecule has 1 N–H and O–H groups in total. The zero-order valence-electron chi connectivity index (χ0n) is 16.9. The second-order valence-corrected chi connectivity index (χ2v) is 7.52. The van der Waals surface area contributed by atoms with Crippen molar-refractivity contribution in [2.45, 2.75) is 64.5 Å². The Kier molecular flexibility index (Phi) is 7.96. The number of carbonyl (C=O) groups excluding carboxylic acids is 1. The summed E-state index contributed by atoms with van der Waals surface area (Å²) in [5, 5.41) is 15.7.